The molecule has 0 saturated carbocycles. The van der Waals surface area contributed by atoms with Crippen LogP contribution < -0.4 is 5.73 Å². The van der Waals surface area contributed by atoms with E-state index in [1.54, 1.807) is 19.1 Å². The van der Waals surface area contributed by atoms with E-state index in [4.69, 9.17) is 5.73 Å². The van der Waals surface area contributed by atoms with Crippen molar-refractivity contribution in [3.05, 3.63) is 25.3 Å². The van der Waals surface area contributed by atoms with Gasteiger partial charge in [0, 0.05) is 11.0 Å². The molecule has 0 spiro atoms. The van der Waals surface area contributed by atoms with Crippen molar-refractivity contribution in [1.82, 2.24) is 0 Å². The first-order chi connectivity index (χ1) is 5.31. The number of hydrogen-bond acceptors (Lipinski definition) is 2. The van der Waals surface area contributed by atoms with E-state index in [0.29, 0.717) is 0 Å². The second kappa shape index (κ2) is 3.42. The zero-order chi connectivity index (χ0) is 9.99. The van der Waals surface area contributed by atoms with Crippen LogP contribution in [0.1, 0.15) is 20.8 Å². The van der Waals surface area contributed by atoms with Gasteiger partial charge >= 0.3 is 0 Å². The van der Waals surface area contributed by atoms with E-state index >= 15 is 0 Å². The number of nitrogens with two attached hydrogens (primary N) is 1. The van der Waals surface area contributed by atoms with Crippen LogP contribution in [0.5, 0.6) is 0 Å². The molecule has 0 aliphatic heterocycles. The summed E-state index contributed by atoms with van der Waals surface area (Å²) in [5.41, 5.74) is 4.79. The van der Waals surface area contributed by atoms with Crippen molar-refractivity contribution in [3.8, 4) is 0 Å². The van der Waals surface area contributed by atoms with Crippen LogP contribution in [0.2, 0.25) is 0 Å². The van der Waals surface area contributed by atoms with E-state index in [1.807, 2.05) is 13.8 Å². The highest BCUT2D eigenvalue weighted by atomic mass is 16.3. The minimum Gasteiger partial charge on any atom is -0.392 e. The van der Waals surface area contributed by atoms with Gasteiger partial charge in [-0.15, -0.1) is 13.2 Å². The highest BCUT2D eigenvalue weighted by Gasteiger charge is 2.40. The minimum atomic E-state index is -0.636. The van der Waals surface area contributed by atoms with Crippen molar-refractivity contribution in [1.29, 1.82) is 0 Å². The first-order valence-corrected chi connectivity index (χ1v) is 4.06. The SMILES string of the molecule is C=CC(C)(N)[C@](C)(C=C)[C@@H](C)O. The molecule has 0 heterocycles. The fourth-order valence-electron chi connectivity index (χ4n) is 1.06. The second-order valence-electron chi connectivity index (χ2n) is 3.65. The predicted molar refractivity (Wildman–Crippen MR) is 52.8 cm³/mol. The molecule has 3 N–H and O–H groups in total. The first-order valence-electron chi connectivity index (χ1n) is 4.06. The normalized spacial score (nSPS) is 23.4. The molecule has 0 aromatic carbocycles. The maximum Gasteiger partial charge on any atom is 0.0620 e. The summed E-state index contributed by atoms with van der Waals surface area (Å²) < 4.78 is 0. The van der Waals surface area contributed by atoms with Gasteiger partial charge in [-0.2, -0.15) is 0 Å². The molecule has 70 valence electrons. The third-order valence-corrected chi connectivity index (χ3v) is 2.88. The molecule has 0 amide bonds. The molecular formula is C10H19NO. The Morgan fingerprint density at radius 3 is 1.83 bits per heavy atom. The molecular weight excluding hydrogens is 150 g/mol. The Hall–Kier alpha value is -0.600. The molecule has 0 bridgehead atoms. The second-order valence-corrected chi connectivity index (χ2v) is 3.65. The standard InChI is InChI=1S/C10H19NO/c1-6-9(4,8(3)12)10(5,11)7-2/h6-8,12H,1-2,11H2,3-5H3/t8-,9-,10?/m1/s1. The summed E-state index contributed by atoms with van der Waals surface area (Å²) >= 11 is 0. The van der Waals surface area contributed by atoms with E-state index in [-0.39, 0.29) is 0 Å². The van der Waals surface area contributed by atoms with Crippen LogP contribution in [0.15, 0.2) is 25.3 Å². The van der Waals surface area contributed by atoms with Crippen molar-refractivity contribution in [2.45, 2.75) is 32.4 Å². The average molecular weight is 169 g/mol. The van der Waals surface area contributed by atoms with Gasteiger partial charge in [-0.25, -0.2) is 0 Å². The van der Waals surface area contributed by atoms with Gasteiger partial charge in [0.1, 0.15) is 0 Å². The van der Waals surface area contributed by atoms with E-state index in [1.165, 1.54) is 0 Å². The smallest absolute Gasteiger partial charge is 0.0620 e. The van der Waals surface area contributed by atoms with Crippen molar-refractivity contribution < 1.29 is 5.11 Å². The highest BCUT2D eigenvalue weighted by Crippen LogP contribution is 2.34. The van der Waals surface area contributed by atoms with Gasteiger partial charge in [-0.3, -0.25) is 0 Å². The van der Waals surface area contributed by atoms with E-state index in [9.17, 15) is 5.11 Å². The third-order valence-electron chi connectivity index (χ3n) is 2.88. The summed E-state index contributed by atoms with van der Waals surface area (Å²) in [6.07, 6.45) is 2.78. The van der Waals surface area contributed by atoms with Gasteiger partial charge < -0.3 is 10.8 Å². The van der Waals surface area contributed by atoms with Gasteiger partial charge in [0.25, 0.3) is 0 Å². The lowest BCUT2D eigenvalue weighted by atomic mass is 9.69. The molecule has 0 aromatic rings. The number of aliphatic hydroxyl groups is 1. The maximum absolute atomic E-state index is 9.54. The molecule has 0 rings (SSSR count). The Bertz CT molecular complexity index is 184. The molecule has 1 unspecified atom stereocenters. The molecule has 3 atom stereocenters. The van der Waals surface area contributed by atoms with Crippen LogP contribution in [0, 0.1) is 5.41 Å². The van der Waals surface area contributed by atoms with Crippen LogP contribution in [0.25, 0.3) is 0 Å². The summed E-state index contributed by atoms with van der Waals surface area (Å²) in [7, 11) is 0. The summed E-state index contributed by atoms with van der Waals surface area (Å²) in [5.74, 6) is 0. The van der Waals surface area contributed by atoms with Crippen LogP contribution in [0.3, 0.4) is 0 Å². The molecule has 0 aromatic heterocycles. The summed E-state index contributed by atoms with van der Waals surface area (Å²) in [5, 5.41) is 9.54. The van der Waals surface area contributed by atoms with Crippen LogP contribution in [-0.4, -0.2) is 16.7 Å². The van der Waals surface area contributed by atoms with Crippen LogP contribution in [0.4, 0.5) is 0 Å². The van der Waals surface area contributed by atoms with Gasteiger partial charge in [0.05, 0.1) is 6.10 Å². The monoisotopic (exact) mass is 169 g/mol. The summed E-state index contributed by atoms with van der Waals surface area (Å²) in [6, 6.07) is 0. The lowest BCUT2D eigenvalue weighted by Crippen LogP contribution is -2.54. The molecule has 0 aliphatic carbocycles. The first kappa shape index (κ1) is 11.4. The van der Waals surface area contributed by atoms with Gasteiger partial charge in [-0.1, -0.05) is 19.1 Å². The summed E-state index contributed by atoms with van der Waals surface area (Å²) in [6.45, 7) is 12.7. The zero-order valence-corrected chi connectivity index (χ0v) is 8.17. The van der Waals surface area contributed by atoms with Gasteiger partial charge in [0.15, 0.2) is 0 Å². The fourth-order valence-corrected chi connectivity index (χ4v) is 1.06. The van der Waals surface area contributed by atoms with E-state index in [0.717, 1.165) is 0 Å². The Kier molecular flexibility index (Phi) is 3.25. The number of aliphatic hydroxyl groups excluding tert-OH is 1. The Balaban J connectivity index is 4.99. The molecule has 2 nitrogen and oxygen atoms in total. The maximum atomic E-state index is 9.54. The van der Waals surface area contributed by atoms with E-state index < -0.39 is 17.1 Å². The Labute approximate surface area is 74.8 Å². The fraction of sp³-hybridized carbons (Fsp3) is 0.600. The Morgan fingerprint density at radius 1 is 1.33 bits per heavy atom. The largest absolute Gasteiger partial charge is 0.392 e. The lowest BCUT2D eigenvalue weighted by Gasteiger charge is -2.42. The molecule has 2 heteroatoms. The Morgan fingerprint density at radius 2 is 1.75 bits per heavy atom. The number of rotatable bonds is 4. The van der Waals surface area contributed by atoms with Crippen molar-refractivity contribution in [2.24, 2.45) is 11.1 Å². The summed E-state index contributed by atoms with van der Waals surface area (Å²) in [4.78, 5) is 0. The zero-order valence-electron chi connectivity index (χ0n) is 8.17. The van der Waals surface area contributed by atoms with Gasteiger partial charge in [-0.05, 0) is 13.8 Å². The number of hydrogen-bond donors (Lipinski definition) is 2. The topological polar surface area (TPSA) is 46.2 Å². The molecule has 12 heavy (non-hydrogen) atoms. The quantitative estimate of drug-likeness (QED) is 0.626. The highest BCUT2D eigenvalue weighted by molar-refractivity contribution is 5.16. The minimum absolute atomic E-state index is 0.533. The van der Waals surface area contributed by atoms with Crippen LogP contribution in [-0.2, 0) is 0 Å². The molecule has 0 aliphatic rings. The van der Waals surface area contributed by atoms with Crippen LogP contribution >= 0.6 is 0 Å². The molecule has 0 fully saturated rings. The molecule has 0 saturated heterocycles. The van der Waals surface area contributed by atoms with Crippen molar-refractivity contribution in [2.75, 3.05) is 0 Å². The van der Waals surface area contributed by atoms with Crippen molar-refractivity contribution >= 4 is 0 Å². The van der Waals surface area contributed by atoms with E-state index in [2.05, 4.69) is 13.2 Å². The van der Waals surface area contributed by atoms with Crippen molar-refractivity contribution in [3.63, 3.8) is 0 Å². The lowest BCUT2D eigenvalue weighted by molar-refractivity contribution is 0.0505. The molecule has 0 radical (unpaired) electrons. The van der Waals surface area contributed by atoms with Gasteiger partial charge in [0.2, 0.25) is 0 Å². The average Bonchev–Trinajstić information content (AvgIpc) is 2.02. The third kappa shape index (κ3) is 1.59. The predicted octanol–water partition coefficient (Wildman–Crippen LogP) is 1.46.